The number of rotatable bonds is 4. The molecule has 126 valence electrons. The third kappa shape index (κ3) is 5.12. The topological polar surface area (TPSA) is 67.4 Å². The summed E-state index contributed by atoms with van der Waals surface area (Å²) in [5, 5.41) is 0. The number of benzene rings is 2. The molecule has 0 spiro atoms. The highest BCUT2D eigenvalue weighted by Gasteiger charge is 2.21. The van der Waals surface area contributed by atoms with E-state index in [1.54, 1.807) is 20.8 Å². The van der Waals surface area contributed by atoms with Crippen LogP contribution in [-0.2, 0) is 9.59 Å². The number of amides is 2. The van der Waals surface area contributed by atoms with Gasteiger partial charge < -0.3 is 4.74 Å². The van der Waals surface area contributed by atoms with Crippen LogP contribution in [0.4, 0.5) is 0 Å². The summed E-state index contributed by atoms with van der Waals surface area (Å²) in [6.07, 6.45) is 0. The number of carbonyl (C=O) groups excluding carboxylic acids is 2. The normalized spacial score (nSPS) is 10.8. The van der Waals surface area contributed by atoms with E-state index in [1.165, 1.54) is 0 Å². The van der Waals surface area contributed by atoms with Gasteiger partial charge in [0, 0.05) is 5.41 Å². The van der Waals surface area contributed by atoms with E-state index in [1.807, 2.05) is 54.6 Å². The van der Waals surface area contributed by atoms with Crippen molar-refractivity contribution in [2.24, 2.45) is 5.41 Å². The zero-order valence-electron chi connectivity index (χ0n) is 14.1. The molecule has 5 nitrogen and oxygen atoms in total. The molecule has 0 aliphatic rings. The van der Waals surface area contributed by atoms with Crippen LogP contribution < -0.4 is 15.6 Å². The van der Waals surface area contributed by atoms with Crippen LogP contribution in [-0.4, -0.2) is 18.4 Å². The Balaban J connectivity index is 1.82. The van der Waals surface area contributed by atoms with E-state index in [9.17, 15) is 9.59 Å². The summed E-state index contributed by atoms with van der Waals surface area (Å²) in [6.45, 7) is 5.12. The van der Waals surface area contributed by atoms with Crippen molar-refractivity contribution in [3.8, 4) is 16.9 Å². The van der Waals surface area contributed by atoms with Crippen molar-refractivity contribution in [2.45, 2.75) is 20.8 Å². The number of nitrogens with one attached hydrogen (secondary N) is 2. The van der Waals surface area contributed by atoms with Gasteiger partial charge in [0.25, 0.3) is 5.91 Å². The fourth-order valence-electron chi connectivity index (χ4n) is 1.87. The van der Waals surface area contributed by atoms with Gasteiger partial charge in [-0.2, -0.15) is 0 Å². The lowest BCUT2D eigenvalue weighted by Gasteiger charge is -2.17. The largest absolute Gasteiger partial charge is 0.484 e. The SMILES string of the molecule is CC(C)(C)C(=O)NNC(=O)COc1ccc(-c2ccccc2)cc1. The molecule has 0 saturated carbocycles. The number of hydrogen-bond donors (Lipinski definition) is 2. The highest BCUT2D eigenvalue weighted by Crippen LogP contribution is 2.21. The van der Waals surface area contributed by atoms with Gasteiger partial charge in [-0.25, -0.2) is 0 Å². The summed E-state index contributed by atoms with van der Waals surface area (Å²) in [5.41, 5.74) is 6.33. The summed E-state index contributed by atoms with van der Waals surface area (Å²) in [4.78, 5) is 23.3. The van der Waals surface area contributed by atoms with Gasteiger partial charge in [0.2, 0.25) is 5.91 Å². The monoisotopic (exact) mass is 326 g/mol. The zero-order chi connectivity index (χ0) is 17.6. The standard InChI is InChI=1S/C19H22N2O3/c1-19(2,3)18(23)21-20-17(22)13-24-16-11-9-15(10-12-16)14-7-5-4-6-8-14/h4-12H,13H2,1-3H3,(H,20,22)(H,21,23). The van der Waals surface area contributed by atoms with Crippen LogP contribution in [0.15, 0.2) is 54.6 Å². The van der Waals surface area contributed by atoms with E-state index in [0.717, 1.165) is 11.1 Å². The van der Waals surface area contributed by atoms with Crippen molar-refractivity contribution in [3.63, 3.8) is 0 Å². The molecule has 2 N–H and O–H groups in total. The van der Waals surface area contributed by atoms with Crippen molar-refractivity contribution >= 4 is 11.8 Å². The van der Waals surface area contributed by atoms with Gasteiger partial charge in [-0.05, 0) is 23.3 Å². The summed E-state index contributed by atoms with van der Waals surface area (Å²) in [6, 6.07) is 17.5. The van der Waals surface area contributed by atoms with Crippen LogP contribution in [0.25, 0.3) is 11.1 Å². The fourth-order valence-corrected chi connectivity index (χ4v) is 1.87. The Hall–Kier alpha value is -2.82. The van der Waals surface area contributed by atoms with Crippen LogP contribution in [0.3, 0.4) is 0 Å². The third-order valence-electron chi connectivity index (χ3n) is 3.33. The second-order valence-corrected chi connectivity index (χ2v) is 6.43. The van der Waals surface area contributed by atoms with Gasteiger partial charge in [0.1, 0.15) is 5.75 Å². The van der Waals surface area contributed by atoms with E-state index in [2.05, 4.69) is 10.9 Å². The maximum Gasteiger partial charge on any atom is 0.276 e. The Morgan fingerprint density at radius 1 is 0.875 bits per heavy atom. The van der Waals surface area contributed by atoms with E-state index >= 15 is 0 Å². The van der Waals surface area contributed by atoms with Crippen molar-refractivity contribution < 1.29 is 14.3 Å². The lowest BCUT2D eigenvalue weighted by Crippen LogP contribution is -2.48. The van der Waals surface area contributed by atoms with Crippen molar-refractivity contribution in [1.29, 1.82) is 0 Å². The predicted molar refractivity (Wildman–Crippen MR) is 93.1 cm³/mol. The van der Waals surface area contributed by atoms with Crippen molar-refractivity contribution in [3.05, 3.63) is 54.6 Å². The second kappa shape index (κ2) is 7.64. The van der Waals surface area contributed by atoms with Crippen LogP contribution in [0.5, 0.6) is 5.75 Å². The lowest BCUT2D eigenvalue weighted by atomic mass is 9.96. The molecule has 0 unspecified atom stereocenters. The summed E-state index contributed by atoms with van der Waals surface area (Å²) < 4.78 is 5.41. The molecule has 0 aliphatic carbocycles. The second-order valence-electron chi connectivity index (χ2n) is 6.43. The first-order valence-electron chi connectivity index (χ1n) is 7.74. The third-order valence-corrected chi connectivity index (χ3v) is 3.33. The number of ether oxygens (including phenoxy) is 1. The van der Waals surface area contributed by atoms with Crippen molar-refractivity contribution in [1.82, 2.24) is 10.9 Å². The molecular formula is C19H22N2O3. The first kappa shape index (κ1) is 17.5. The van der Waals surface area contributed by atoms with E-state index in [4.69, 9.17) is 4.74 Å². The quantitative estimate of drug-likeness (QED) is 0.849. The molecule has 0 bridgehead atoms. The maximum atomic E-state index is 11.7. The Labute approximate surface area is 142 Å². The molecular weight excluding hydrogens is 304 g/mol. The summed E-state index contributed by atoms with van der Waals surface area (Å²) in [5.74, 6) is -0.0882. The summed E-state index contributed by atoms with van der Waals surface area (Å²) in [7, 11) is 0. The van der Waals surface area contributed by atoms with Gasteiger partial charge >= 0.3 is 0 Å². The molecule has 5 heteroatoms. The molecule has 0 aromatic heterocycles. The van der Waals surface area contributed by atoms with Gasteiger partial charge in [-0.15, -0.1) is 0 Å². The number of hydrogen-bond acceptors (Lipinski definition) is 3. The Morgan fingerprint density at radius 3 is 2.04 bits per heavy atom. The Morgan fingerprint density at radius 2 is 1.46 bits per heavy atom. The highest BCUT2D eigenvalue weighted by molar-refractivity contribution is 5.85. The lowest BCUT2D eigenvalue weighted by molar-refractivity contribution is -0.134. The molecule has 2 amide bonds. The van der Waals surface area contributed by atoms with Gasteiger partial charge in [-0.1, -0.05) is 63.2 Å². The van der Waals surface area contributed by atoms with E-state index in [-0.39, 0.29) is 12.5 Å². The van der Waals surface area contributed by atoms with Crippen LogP contribution in [0, 0.1) is 5.41 Å². The molecule has 0 fully saturated rings. The first-order valence-corrected chi connectivity index (χ1v) is 7.74. The van der Waals surface area contributed by atoms with Gasteiger partial charge in [0.05, 0.1) is 0 Å². The summed E-state index contributed by atoms with van der Waals surface area (Å²) >= 11 is 0. The van der Waals surface area contributed by atoms with Crippen LogP contribution in [0.2, 0.25) is 0 Å². The number of carbonyl (C=O) groups is 2. The fraction of sp³-hybridized carbons (Fsp3) is 0.263. The molecule has 24 heavy (non-hydrogen) atoms. The Kier molecular flexibility index (Phi) is 5.58. The van der Waals surface area contributed by atoms with E-state index in [0.29, 0.717) is 5.75 Å². The molecule has 0 atom stereocenters. The Bertz CT molecular complexity index is 689. The number of hydrazine groups is 1. The van der Waals surface area contributed by atoms with E-state index < -0.39 is 11.3 Å². The molecule has 2 rings (SSSR count). The average Bonchev–Trinajstić information content (AvgIpc) is 2.58. The first-order chi connectivity index (χ1) is 11.4. The van der Waals surface area contributed by atoms with Crippen LogP contribution >= 0.6 is 0 Å². The average molecular weight is 326 g/mol. The molecule has 0 radical (unpaired) electrons. The molecule has 2 aromatic rings. The predicted octanol–water partition coefficient (Wildman–Crippen LogP) is 2.93. The minimum atomic E-state index is -0.568. The minimum Gasteiger partial charge on any atom is -0.484 e. The highest BCUT2D eigenvalue weighted by atomic mass is 16.5. The zero-order valence-corrected chi connectivity index (χ0v) is 14.1. The maximum absolute atomic E-state index is 11.7. The molecule has 0 saturated heterocycles. The molecule has 0 aliphatic heterocycles. The molecule has 2 aromatic carbocycles. The van der Waals surface area contributed by atoms with Crippen LogP contribution in [0.1, 0.15) is 20.8 Å². The van der Waals surface area contributed by atoms with Crippen molar-refractivity contribution in [2.75, 3.05) is 6.61 Å². The van der Waals surface area contributed by atoms with Gasteiger partial charge in [-0.3, -0.25) is 20.4 Å². The molecule has 0 heterocycles. The smallest absolute Gasteiger partial charge is 0.276 e. The minimum absolute atomic E-state index is 0.172. The van der Waals surface area contributed by atoms with Gasteiger partial charge in [0.15, 0.2) is 6.61 Å².